The van der Waals surface area contributed by atoms with E-state index in [0.717, 1.165) is 35.6 Å². The molecule has 168 valence electrons. The van der Waals surface area contributed by atoms with Gasteiger partial charge in [0.15, 0.2) is 0 Å². The Hall–Kier alpha value is -2.40. The average molecular weight is 428 g/mol. The third-order valence-corrected chi connectivity index (χ3v) is 6.24. The fraction of sp³-hybridized carbons (Fsp3) is 0.500. The topological polar surface area (TPSA) is 58.6 Å². The molecular weight excluding hydrogens is 393 g/mol. The number of carboxylic acids is 1. The summed E-state index contributed by atoms with van der Waals surface area (Å²) in [5, 5.41) is 11.8. The van der Waals surface area contributed by atoms with Gasteiger partial charge in [0.05, 0.1) is 12.5 Å². The normalized spacial score (nSPS) is 19.2. The van der Waals surface area contributed by atoms with E-state index in [1.54, 1.807) is 6.07 Å². The summed E-state index contributed by atoms with van der Waals surface area (Å²) in [4.78, 5) is 10.6. The molecule has 1 aliphatic rings. The zero-order valence-electron chi connectivity index (χ0n) is 18.8. The first-order chi connectivity index (χ1) is 14.7. The van der Waals surface area contributed by atoms with Crippen molar-refractivity contribution in [3.63, 3.8) is 0 Å². The molecule has 1 fully saturated rings. The predicted molar refractivity (Wildman–Crippen MR) is 122 cm³/mol. The fourth-order valence-corrected chi connectivity index (χ4v) is 4.28. The number of ether oxygens (including phenoxy) is 1. The molecule has 0 radical (unpaired) electrons. The van der Waals surface area contributed by atoms with E-state index in [0.29, 0.717) is 24.1 Å². The van der Waals surface area contributed by atoms with Crippen LogP contribution < -0.4 is 10.1 Å². The maximum atomic E-state index is 14.4. The highest BCUT2D eigenvalue weighted by Crippen LogP contribution is 2.39. The summed E-state index contributed by atoms with van der Waals surface area (Å²) in [6.45, 7) is 7.83. The number of halogens is 1. The van der Waals surface area contributed by atoms with E-state index in [2.05, 4.69) is 26.1 Å². The highest BCUT2D eigenvalue weighted by Gasteiger charge is 2.30. The number of carboxylic acid groups (broad SMARTS) is 1. The Bertz CT molecular complexity index is 865. The number of carbonyl (C=O) groups is 1. The summed E-state index contributed by atoms with van der Waals surface area (Å²) in [6, 6.07) is 12.6. The number of nitrogens with one attached hydrogen (secondary N) is 1. The van der Waals surface area contributed by atoms with Crippen molar-refractivity contribution in [2.45, 2.75) is 65.5 Å². The molecule has 5 heteroatoms. The van der Waals surface area contributed by atoms with Gasteiger partial charge >= 0.3 is 5.97 Å². The molecule has 1 saturated carbocycles. The van der Waals surface area contributed by atoms with Gasteiger partial charge in [0.1, 0.15) is 11.6 Å². The molecule has 31 heavy (non-hydrogen) atoms. The lowest BCUT2D eigenvalue weighted by Gasteiger charge is -2.36. The van der Waals surface area contributed by atoms with Crippen molar-refractivity contribution in [1.82, 2.24) is 5.32 Å². The lowest BCUT2D eigenvalue weighted by atomic mass is 9.72. The zero-order valence-corrected chi connectivity index (χ0v) is 18.8. The number of hydrogen-bond donors (Lipinski definition) is 2. The van der Waals surface area contributed by atoms with Crippen molar-refractivity contribution < 1.29 is 19.0 Å². The van der Waals surface area contributed by atoms with Gasteiger partial charge < -0.3 is 15.2 Å². The first-order valence-corrected chi connectivity index (χ1v) is 11.2. The first kappa shape index (κ1) is 23.3. The maximum Gasteiger partial charge on any atom is 0.304 e. The van der Waals surface area contributed by atoms with E-state index in [1.165, 1.54) is 18.9 Å². The van der Waals surface area contributed by atoms with Crippen LogP contribution >= 0.6 is 0 Å². The van der Waals surface area contributed by atoms with E-state index in [9.17, 15) is 9.18 Å². The van der Waals surface area contributed by atoms with Crippen molar-refractivity contribution >= 4 is 5.97 Å². The third-order valence-electron chi connectivity index (χ3n) is 6.24. The monoisotopic (exact) mass is 427 g/mol. The smallest absolute Gasteiger partial charge is 0.304 e. The largest absolute Gasteiger partial charge is 0.490 e. The van der Waals surface area contributed by atoms with Crippen LogP contribution in [-0.2, 0) is 11.3 Å². The van der Waals surface area contributed by atoms with Crippen molar-refractivity contribution in [1.29, 1.82) is 0 Å². The van der Waals surface area contributed by atoms with Crippen molar-refractivity contribution in [2.24, 2.45) is 11.3 Å². The van der Waals surface area contributed by atoms with Crippen molar-refractivity contribution in [2.75, 3.05) is 6.54 Å². The summed E-state index contributed by atoms with van der Waals surface area (Å²) in [6.07, 6.45) is 4.87. The van der Waals surface area contributed by atoms with Crippen molar-refractivity contribution in [3.05, 3.63) is 53.8 Å². The third kappa shape index (κ3) is 6.79. The molecule has 2 aromatic carbocycles. The van der Waals surface area contributed by atoms with Crippen LogP contribution in [-0.4, -0.2) is 23.7 Å². The summed E-state index contributed by atoms with van der Waals surface area (Å²) < 4.78 is 20.6. The molecule has 0 spiro atoms. The van der Waals surface area contributed by atoms with Crippen LogP contribution in [0.3, 0.4) is 0 Å². The Balaban J connectivity index is 1.58. The van der Waals surface area contributed by atoms with Gasteiger partial charge in [0, 0.05) is 18.7 Å². The van der Waals surface area contributed by atoms with Gasteiger partial charge in [-0.3, -0.25) is 4.79 Å². The standard InChI is InChI=1S/C26H34FNO3/c1-26(2,3)20-7-11-22(12-8-20)31-21-9-5-19(6-10-21)23-16-18(4-13-24(23)27)17-28-15-14-25(29)30/h4-6,9-10,13,16,20,22,28H,7-8,11-12,14-15,17H2,1-3H3,(H,29,30)/t20-,22-. The maximum absolute atomic E-state index is 14.4. The molecular formula is C26H34FNO3. The zero-order chi connectivity index (χ0) is 22.4. The van der Waals surface area contributed by atoms with Gasteiger partial charge in [0.25, 0.3) is 0 Å². The van der Waals surface area contributed by atoms with Gasteiger partial charge in [-0.1, -0.05) is 39.0 Å². The van der Waals surface area contributed by atoms with Crippen LogP contribution in [0.5, 0.6) is 5.75 Å². The van der Waals surface area contributed by atoms with Crippen LogP contribution in [0.2, 0.25) is 0 Å². The number of benzene rings is 2. The molecule has 2 aromatic rings. The molecule has 0 amide bonds. The molecule has 2 N–H and O–H groups in total. The number of rotatable bonds is 8. The second-order valence-corrected chi connectivity index (χ2v) is 9.62. The number of hydrogen-bond acceptors (Lipinski definition) is 3. The lowest BCUT2D eigenvalue weighted by Crippen LogP contribution is -2.30. The summed E-state index contributed by atoms with van der Waals surface area (Å²) in [5.74, 6) is 0.471. The van der Waals surface area contributed by atoms with E-state index >= 15 is 0 Å². The summed E-state index contributed by atoms with van der Waals surface area (Å²) >= 11 is 0. The van der Waals surface area contributed by atoms with Crippen LogP contribution in [0, 0.1) is 17.2 Å². The minimum Gasteiger partial charge on any atom is -0.490 e. The Morgan fingerprint density at radius 3 is 2.39 bits per heavy atom. The van der Waals surface area contributed by atoms with Crippen LogP contribution in [0.25, 0.3) is 11.1 Å². The van der Waals surface area contributed by atoms with Crippen LogP contribution in [0.1, 0.15) is 58.4 Å². The predicted octanol–water partition coefficient (Wildman–Crippen LogP) is 6.04. The van der Waals surface area contributed by atoms with Gasteiger partial charge in [0.2, 0.25) is 0 Å². The Morgan fingerprint density at radius 1 is 1.10 bits per heavy atom. The van der Waals surface area contributed by atoms with Crippen molar-refractivity contribution in [3.8, 4) is 16.9 Å². The molecule has 0 aliphatic heterocycles. The summed E-state index contributed by atoms with van der Waals surface area (Å²) in [7, 11) is 0. The molecule has 0 saturated heterocycles. The van der Waals surface area contributed by atoms with Gasteiger partial charge in [-0.2, -0.15) is 0 Å². The summed E-state index contributed by atoms with van der Waals surface area (Å²) in [5.41, 5.74) is 2.61. The van der Waals surface area contributed by atoms with Gasteiger partial charge in [-0.05, 0) is 72.4 Å². The van der Waals surface area contributed by atoms with Gasteiger partial charge in [-0.25, -0.2) is 4.39 Å². The molecule has 0 bridgehead atoms. The van der Waals surface area contributed by atoms with E-state index in [4.69, 9.17) is 9.84 Å². The average Bonchev–Trinajstić information content (AvgIpc) is 2.72. The highest BCUT2D eigenvalue weighted by molar-refractivity contribution is 5.67. The fourth-order valence-electron chi connectivity index (χ4n) is 4.28. The quantitative estimate of drug-likeness (QED) is 0.504. The van der Waals surface area contributed by atoms with E-state index < -0.39 is 5.97 Å². The minimum atomic E-state index is -0.836. The number of aliphatic carboxylic acids is 1. The first-order valence-electron chi connectivity index (χ1n) is 11.2. The molecule has 0 heterocycles. The molecule has 3 rings (SSSR count). The minimum absolute atomic E-state index is 0.0629. The lowest BCUT2D eigenvalue weighted by molar-refractivity contribution is -0.136. The molecule has 0 aromatic heterocycles. The van der Waals surface area contributed by atoms with Gasteiger partial charge in [-0.15, -0.1) is 0 Å². The second-order valence-electron chi connectivity index (χ2n) is 9.62. The Labute approximate surface area is 184 Å². The highest BCUT2D eigenvalue weighted by atomic mass is 19.1. The van der Waals surface area contributed by atoms with E-state index in [-0.39, 0.29) is 18.3 Å². The van der Waals surface area contributed by atoms with Crippen LogP contribution in [0.4, 0.5) is 4.39 Å². The molecule has 4 nitrogen and oxygen atoms in total. The van der Waals surface area contributed by atoms with E-state index in [1.807, 2.05) is 30.3 Å². The second kappa shape index (κ2) is 10.3. The Kier molecular flexibility index (Phi) is 7.71. The molecule has 1 aliphatic carbocycles. The molecule has 0 unspecified atom stereocenters. The SMILES string of the molecule is CC(C)(C)[C@H]1CC[C@H](Oc2ccc(-c3cc(CNCCC(=O)O)ccc3F)cc2)CC1. The molecule has 0 atom stereocenters. The Morgan fingerprint density at radius 2 is 1.77 bits per heavy atom. The van der Waals surface area contributed by atoms with Crippen LogP contribution in [0.15, 0.2) is 42.5 Å².